The summed E-state index contributed by atoms with van der Waals surface area (Å²) in [4.78, 5) is 16.5. The number of thiazole rings is 1. The molecule has 0 radical (unpaired) electrons. The summed E-state index contributed by atoms with van der Waals surface area (Å²) in [6.45, 7) is 0. The molecule has 1 aliphatic rings. The lowest BCUT2D eigenvalue weighted by Gasteiger charge is -2.20. The van der Waals surface area contributed by atoms with Gasteiger partial charge in [-0.05, 0) is 18.9 Å². The Labute approximate surface area is 136 Å². The van der Waals surface area contributed by atoms with Crippen molar-refractivity contribution in [1.29, 1.82) is 0 Å². The van der Waals surface area contributed by atoms with Gasteiger partial charge in [0.25, 0.3) is 0 Å². The van der Waals surface area contributed by atoms with Gasteiger partial charge in [-0.3, -0.25) is 0 Å². The summed E-state index contributed by atoms with van der Waals surface area (Å²) in [5.41, 5.74) is 1.26. The van der Waals surface area contributed by atoms with Crippen molar-refractivity contribution in [3.05, 3.63) is 27.4 Å². The van der Waals surface area contributed by atoms with Crippen LogP contribution in [0.3, 0.4) is 0 Å². The average Bonchev–Trinajstić information content (AvgIpc) is 3.15. The molecule has 21 heavy (non-hydrogen) atoms. The predicted octanol–water partition coefficient (Wildman–Crippen LogP) is 5.14. The Balaban J connectivity index is 1.61. The van der Waals surface area contributed by atoms with E-state index in [1.165, 1.54) is 43.4 Å². The summed E-state index contributed by atoms with van der Waals surface area (Å²) in [6.07, 6.45) is 6.82. The first-order chi connectivity index (χ1) is 10.2. The van der Waals surface area contributed by atoms with Crippen molar-refractivity contribution < 1.29 is 9.90 Å². The summed E-state index contributed by atoms with van der Waals surface area (Å²) >= 11 is 5.15. The predicted molar refractivity (Wildman–Crippen MR) is 90.6 cm³/mol. The van der Waals surface area contributed by atoms with E-state index in [0.29, 0.717) is 5.56 Å². The summed E-state index contributed by atoms with van der Waals surface area (Å²) in [5.74, 6) is 0.104. The third-order valence-electron chi connectivity index (χ3n) is 3.65. The van der Waals surface area contributed by atoms with Gasteiger partial charge in [-0.15, -0.1) is 22.7 Å². The van der Waals surface area contributed by atoms with Gasteiger partial charge in [-0.2, -0.15) is 11.8 Å². The molecule has 1 saturated carbocycles. The van der Waals surface area contributed by atoms with Crippen LogP contribution in [0.15, 0.2) is 16.8 Å². The molecule has 3 rings (SSSR count). The lowest BCUT2D eigenvalue weighted by molar-refractivity contribution is 0.0697. The smallest absolute Gasteiger partial charge is 0.336 e. The molecule has 1 aliphatic carbocycles. The van der Waals surface area contributed by atoms with Gasteiger partial charge in [0, 0.05) is 21.8 Å². The van der Waals surface area contributed by atoms with E-state index in [1.54, 1.807) is 22.8 Å². The van der Waals surface area contributed by atoms with Gasteiger partial charge in [-0.25, -0.2) is 9.78 Å². The molecule has 0 atom stereocenters. The molecule has 112 valence electrons. The molecule has 0 aliphatic heterocycles. The molecule has 0 aromatic carbocycles. The van der Waals surface area contributed by atoms with E-state index >= 15 is 0 Å². The molecule has 0 bridgehead atoms. The molecule has 2 aromatic heterocycles. The largest absolute Gasteiger partial charge is 0.478 e. The van der Waals surface area contributed by atoms with Crippen LogP contribution in [0.2, 0.25) is 0 Å². The van der Waals surface area contributed by atoms with Crippen LogP contribution in [-0.4, -0.2) is 21.3 Å². The Morgan fingerprint density at radius 2 is 2.10 bits per heavy atom. The molecule has 1 N–H and O–H groups in total. The van der Waals surface area contributed by atoms with Gasteiger partial charge >= 0.3 is 5.97 Å². The van der Waals surface area contributed by atoms with E-state index in [2.05, 4.69) is 4.98 Å². The van der Waals surface area contributed by atoms with Crippen molar-refractivity contribution in [2.24, 2.45) is 0 Å². The van der Waals surface area contributed by atoms with E-state index in [1.807, 2.05) is 17.1 Å². The fourth-order valence-corrected chi connectivity index (χ4v) is 5.58. The molecule has 0 spiro atoms. The quantitative estimate of drug-likeness (QED) is 0.820. The number of aromatic carboxylic acids is 1. The SMILES string of the molecule is O=C(O)c1csc(-c2csc(CSC3CCCCC3)n2)c1. The molecule has 6 heteroatoms. The number of nitrogens with zero attached hydrogens (tertiary/aromatic N) is 1. The number of thiophene rings is 1. The maximum atomic E-state index is 10.9. The van der Waals surface area contributed by atoms with Gasteiger partial charge in [0.05, 0.1) is 16.1 Å². The number of hydrogen-bond donors (Lipinski definition) is 1. The number of rotatable bonds is 5. The van der Waals surface area contributed by atoms with Gasteiger partial charge < -0.3 is 5.11 Å². The van der Waals surface area contributed by atoms with Crippen LogP contribution >= 0.6 is 34.4 Å². The molecule has 1 fully saturated rings. The first kappa shape index (κ1) is 15.1. The lowest BCUT2D eigenvalue weighted by Crippen LogP contribution is -2.08. The molecular weight excluding hydrogens is 322 g/mol. The van der Waals surface area contributed by atoms with Crippen LogP contribution in [0.4, 0.5) is 0 Å². The zero-order valence-corrected chi connectivity index (χ0v) is 14.0. The molecular formula is C15H17NO2S3. The van der Waals surface area contributed by atoms with Crippen LogP contribution in [0, 0.1) is 0 Å². The monoisotopic (exact) mass is 339 g/mol. The van der Waals surface area contributed by atoms with Crippen molar-refractivity contribution >= 4 is 40.4 Å². The highest BCUT2D eigenvalue weighted by Crippen LogP contribution is 2.33. The van der Waals surface area contributed by atoms with Crippen LogP contribution in [0.5, 0.6) is 0 Å². The number of carboxylic acids is 1. The Hall–Kier alpha value is -0.850. The number of hydrogen-bond acceptors (Lipinski definition) is 5. The maximum Gasteiger partial charge on any atom is 0.336 e. The maximum absolute atomic E-state index is 10.9. The van der Waals surface area contributed by atoms with E-state index in [4.69, 9.17) is 5.11 Å². The summed E-state index contributed by atoms with van der Waals surface area (Å²) in [7, 11) is 0. The second-order valence-electron chi connectivity index (χ2n) is 5.20. The van der Waals surface area contributed by atoms with Gasteiger partial charge in [0.15, 0.2) is 0 Å². The Bertz CT molecular complexity index is 614. The van der Waals surface area contributed by atoms with E-state index < -0.39 is 5.97 Å². The fourth-order valence-electron chi connectivity index (χ4n) is 2.49. The molecule has 0 amide bonds. The summed E-state index contributed by atoms with van der Waals surface area (Å²) in [5, 5.41) is 14.6. The first-order valence-corrected chi connectivity index (χ1v) is 9.91. The molecule has 3 nitrogen and oxygen atoms in total. The molecule has 0 unspecified atom stereocenters. The number of carboxylic acid groups (broad SMARTS) is 1. The topological polar surface area (TPSA) is 50.2 Å². The molecule has 0 saturated heterocycles. The average molecular weight is 340 g/mol. The third kappa shape index (κ3) is 3.87. The van der Waals surface area contributed by atoms with E-state index in [0.717, 1.165) is 26.6 Å². The van der Waals surface area contributed by atoms with Gasteiger partial charge in [0.2, 0.25) is 0 Å². The minimum Gasteiger partial charge on any atom is -0.478 e. The molecule has 2 heterocycles. The lowest BCUT2D eigenvalue weighted by atomic mass is 10.0. The van der Waals surface area contributed by atoms with Crippen LogP contribution in [0.25, 0.3) is 10.6 Å². The zero-order valence-electron chi connectivity index (χ0n) is 11.6. The minimum atomic E-state index is -0.874. The van der Waals surface area contributed by atoms with Gasteiger partial charge in [-0.1, -0.05) is 19.3 Å². The van der Waals surface area contributed by atoms with Crippen molar-refractivity contribution in [1.82, 2.24) is 4.98 Å². The fraction of sp³-hybridized carbons (Fsp3) is 0.467. The highest BCUT2D eigenvalue weighted by Gasteiger charge is 2.15. The van der Waals surface area contributed by atoms with Crippen LogP contribution in [-0.2, 0) is 5.75 Å². The van der Waals surface area contributed by atoms with Crippen molar-refractivity contribution in [3.63, 3.8) is 0 Å². The Morgan fingerprint density at radius 3 is 2.81 bits per heavy atom. The van der Waals surface area contributed by atoms with Gasteiger partial charge in [0.1, 0.15) is 5.01 Å². The van der Waals surface area contributed by atoms with Crippen LogP contribution < -0.4 is 0 Å². The standard InChI is InChI=1S/C15H17NO2S3/c17-15(18)10-6-13(20-7-10)12-8-21-14(16-12)9-19-11-4-2-1-3-5-11/h6-8,11H,1-5,9H2,(H,17,18). The highest BCUT2D eigenvalue weighted by molar-refractivity contribution is 7.99. The van der Waals surface area contributed by atoms with E-state index in [9.17, 15) is 4.79 Å². The number of thioether (sulfide) groups is 1. The highest BCUT2D eigenvalue weighted by atomic mass is 32.2. The summed E-state index contributed by atoms with van der Waals surface area (Å²) in [6, 6.07) is 1.71. The van der Waals surface area contributed by atoms with Crippen molar-refractivity contribution in [2.75, 3.05) is 0 Å². The Kier molecular flexibility index (Phi) is 4.98. The van der Waals surface area contributed by atoms with E-state index in [-0.39, 0.29) is 0 Å². The van der Waals surface area contributed by atoms with Crippen molar-refractivity contribution in [2.45, 2.75) is 43.1 Å². The second kappa shape index (κ2) is 6.94. The molecule has 2 aromatic rings. The second-order valence-corrected chi connectivity index (χ2v) is 8.34. The third-order valence-corrected chi connectivity index (χ3v) is 7.01. The first-order valence-electron chi connectivity index (χ1n) is 7.10. The number of aromatic nitrogens is 1. The van der Waals surface area contributed by atoms with Crippen molar-refractivity contribution in [3.8, 4) is 10.6 Å². The number of carbonyl (C=O) groups is 1. The Morgan fingerprint density at radius 1 is 1.29 bits per heavy atom. The summed E-state index contributed by atoms with van der Waals surface area (Å²) < 4.78 is 0. The van der Waals surface area contributed by atoms with Crippen LogP contribution in [0.1, 0.15) is 47.5 Å². The zero-order chi connectivity index (χ0) is 14.7. The minimum absolute atomic E-state index is 0.348. The normalized spacial score (nSPS) is 16.2.